The summed E-state index contributed by atoms with van der Waals surface area (Å²) < 4.78 is 14.7. The maximum atomic E-state index is 14.7. The molecule has 0 aromatic heterocycles. The standard InChI is InChI=1S/C23H24FN/c24-23(16-20-10-4-1-5-11-20)19-25(17-21-12-6-2-7-13-21)18-22-14-8-3-9-15-22/h1-15,23H,16-19H2. The van der Waals surface area contributed by atoms with Crippen molar-refractivity contribution in [2.24, 2.45) is 0 Å². The van der Waals surface area contributed by atoms with Crippen molar-refractivity contribution in [1.29, 1.82) is 0 Å². The van der Waals surface area contributed by atoms with Gasteiger partial charge in [-0.3, -0.25) is 4.90 Å². The molecule has 0 heterocycles. The molecule has 3 aromatic rings. The van der Waals surface area contributed by atoms with Crippen molar-refractivity contribution in [3.05, 3.63) is 108 Å². The summed E-state index contributed by atoms with van der Waals surface area (Å²) in [5.74, 6) is 0. The molecule has 0 bridgehead atoms. The molecule has 0 fully saturated rings. The lowest BCUT2D eigenvalue weighted by atomic mass is 10.1. The number of halogens is 1. The summed E-state index contributed by atoms with van der Waals surface area (Å²) in [6.07, 6.45) is -0.421. The monoisotopic (exact) mass is 333 g/mol. The molecular formula is C23H24FN. The SMILES string of the molecule is FC(Cc1ccccc1)CN(Cc1ccccc1)Cc1ccccc1. The first-order valence-electron chi connectivity index (χ1n) is 8.78. The van der Waals surface area contributed by atoms with E-state index in [0.717, 1.165) is 18.7 Å². The van der Waals surface area contributed by atoms with Gasteiger partial charge < -0.3 is 0 Å². The lowest BCUT2D eigenvalue weighted by molar-refractivity contribution is 0.177. The van der Waals surface area contributed by atoms with Crippen LogP contribution in [0.5, 0.6) is 0 Å². The Labute approximate surface area is 149 Å². The van der Waals surface area contributed by atoms with Crippen LogP contribution in [0.1, 0.15) is 16.7 Å². The molecule has 0 aliphatic rings. The molecule has 1 nitrogen and oxygen atoms in total. The number of nitrogens with zero attached hydrogens (tertiary/aromatic N) is 1. The van der Waals surface area contributed by atoms with Gasteiger partial charge in [0.25, 0.3) is 0 Å². The second-order valence-corrected chi connectivity index (χ2v) is 6.43. The summed E-state index contributed by atoms with van der Waals surface area (Å²) in [5.41, 5.74) is 3.48. The number of benzene rings is 3. The van der Waals surface area contributed by atoms with Crippen LogP contribution in [0.15, 0.2) is 91.0 Å². The molecule has 25 heavy (non-hydrogen) atoms. The molecule has 0 aliphatic carbocycles. The Morgan fingerprint density at radius 3 is 1.44 bits per heavy atom. The van der Waals surface area contributed by atoms with Gasteiger partial charge in [-0.05, 0) is 16.7 Å². The molecule has 3 rings (SSSR count). The quantitative estimate of drug-likeness (QED) is 0.543. The van der Waals surface area contributed by atoms with Gasteiger partial charge >= 0.3 is 0 Å². The molecule has 128 valence electrons. The first-order chi connectivity index (χ1) is 12.3. The molecule has 2 heteroatoms. The van der Waals surface area contributed by atoms with Crippen LogP contribution in [-0.2, 0) is 19.5 Å². The lowest BCUT2D eigenvalue weighted by Gasteiger charge is -2.24. The zero-order valence-corrected chi connectivity index (χ0v) is 14.4. The van der Waals surface area contributed by atoms with Crippen molar-refractivity contribution in [2.75, 3.05) is 6.54 Å². The average Bonchev–Trinajstić information content (AvgIpc) is 2.64. The smallest absolute Gasteiger partial charge is 0.117 e. The minimum Gasteiger partial charge on any atom is -0.292 e. The first-order valence-corrected chi connectivity index (χ1v) is 8.78. The molecular weight excluding hydrogens is 309 g/mol. The Balaban J connectivity index is 1.66. The van der Waals surface area contributed by atoms with Gasteiger partial charge in [-0.15, -0.1) is 0 Å². The minimum atomic E-state index is -0.880. The van der Waals surface area contributed by atoms with Crippen LogP contribution in [0.25, 0.3) is 0 Å². The summed E-state index contributed by atoms with van der Waals surface area (Å²) in [6.45, 7) is 1.94. The molecule has 0 aliphatic heterocycles. The van der Waals surface area contributed by atoms with E-state index in [4.69, 9.17) is 0 Å². The van der Waals surface area contributed by atoms with Crippen LogP contribution >= 0.6 is 0 Å². The van der Waals surface area contributed by atoms with E-state index < -0.39 is 6.17 Å². The second-order valence-electron chi connectivity index (χ2n) is 6.43. The molecule has 0 saturated carbocycles. The van der Waals surface area contributed by atoms with E-state index >= 15 is 0 Å². The number of hydrogen-bond acceptors (Lipinski definition) is 1. The normalized spacial score (nSPS) is 12.2. The van der Waals surface area contributed by atoms with Gasteiger partial charge in [-0.2, -0.15) is 0 Å². The molecule has 0 N–H and O–H groups in total. The van der Waals surface area contributed by atoms with Crippen LogP contribution in [0.3, 0.4) is 0 Å². The highest BCUT2D eigenvalue weighted by molar-refractivity contribution is 5.18. The molecule has 0 radical (unpaired) electrons. The molecule has 1 atom stereocenters. The predicted octanol–water partition coefficient (Wildman–Crippen LogP) is 5.27. The lowest BCUT2D eigenvalue weighted by Crippen LogP contribution is -2.30. The van der Waals surface area contributed by atoms with E-state index in [1.54, 1.807) is 0 Å². The van der Waals surface area contributed by atoms with E-state index in [1.165, 1.54) is 11.1 Å². The second kappa shape index (κ2) is 9.14. The minimum absolute atomic E-state index is 0.429. The first kappa shape index (κ1) is 17.4. The molecule has 0 spiro atoms. The Kier molecular flexibility index (Phi) is 6.35. The fourth-order valence-corrected chi connectivity index (χ4v) is 3.08. The molecule has 0 saturated heterocycles. The highest BCUT2D eigenvalue weighted by Gasteiger charge is 2.15. The summed E-state index contributed by atoms with van der Waals surface area (Å²) >= 11 is 0. The Morgan fingerprint density at radius 1 is 0.600 bits per heavy atom. The van der Waals surface area contributed by atoms with E-state index in [0.29, 0.717) is 13.0 Å². The van der Waals surface area contributed by atoms with E-state index in [9.17, 15) is 4.39 Å². The fraction of sp³-hybridized carbons (Fsp3) is 0.217. The van der Waals surface area contributed by atoms with Crippen LogP contribution < -0.4 is 0 Å². The Bertz CT molecular complexity index is 686. The Morgan fingerprint density at radius 2 is 1.00 bits per heavy atom. The topological polar surface area (TPSA) is 3.24 Å². The highest BCUT2D eigenvalue weighted by Crippen LogP contribution is 2.14. The fourth-order valence-electron chi connectivity index (χ4n) is 3.08. The van der Waals surface area contributed by atoms with Gasteiger partial charge in [0.2, 0.25) is 0 Å². The van der Waals surface area contributed by atoms with Crippen molar-refractivity contribution in [2.45, 2.75) is 25.7 Å². The third-order valence-electron chi connectivity index (χ3n) is 4.25. The van der Waals surface area contributed by atoms with Gasteiger partial charge in [0.1, 0.15) is 6.17 Å². The number of rotatable bonds is 8. The maximum absolute atomic E-state index is 14.7. The van der Waals surface area contributed by atoms with Gasteiger partial charge in [0.15, 0.2) is 0 Å². The van der Waals surface area contributed by atoms with Gasteiger partial charge in [0.05, 0.1) is 0 Å². The van der Waals surface area contributed by atoms with Crippen molar-refractivity contribution < 1.29 is 4.39 Å². The van der Waals surface area contributed by atoms with Gasteiger partial charge in [-0.25, -0.2) is 4.39 Å². The largest absolute Gasteiger partial charge is 0.292 e. The van der Waals surface area contributed by atoms with Crippen molar-refractivity contribution in [3.8, 4) is 0 Å². The van der Waals surface area contributed by atoms with Crippen LogP contribution in [0.4, 0.5) is 4.39 Å². The summed E-state index contributed by atoms with van der Waals surface area (Å²) in [4.78, 5) is 2.19. The predicted molar refractivity (Wildman–Crippen MR) is 102 cm³/mol. The molecule has 3 aromatic carbocycles. The third kappa shape index (κ3) is 5.84. The van der Waals surface area contributed by atoms with E-state index in [-0.39, 0.29) is 0 Å². The van der Waals surface area contributed by atoms with Crippen LogP contribution in [-0.4, -0.2) is 17.6 Å². The van der Waals surface area contributed by atoms with Crippen LogP contribution in [0.2, 0.25) is 0 Å². The van der Waals surface area contributed by atoms with Crippen molar-refractivity contribution >= 4 is 0 Å². The van der Waals surface area contributed by atoms with E-state index in [1.807, 2.05) is 66.7 Å². The van der Waals surface area contributed by atoms with Crippen LogP contribution in [0, 0.1) is 0 Å². The summed E-state index contributed by atoms with van der Waals surface area (Å²) in [5, 5.41) is 0. The average molecular weight is 333 g/mol. The van der Waals surface area contributed by atoms with Crippen molar-refractivity contribution in [1.82, 2.24) is 4.90 Å². The number of alkyl halides is 1. The summed E-state index contributed by atoms with van der Waals surface area (Å²) in [6, 6.07) is 30.4. The third-order valence-corrected chi connectivity index (χ3v) is 4.25. The summed E-state index contributed by atoms with van der Waals surface area (Å²) in [7, 11) is 0. The van der Waals surface area contributed by atoms with Gasteiger partial charge in [0, 0.05) is 26.1 Å². The Hall–Kier alpha value is -2.45. The maximum Gasteiger partial charge on any atom is 0.117 e. The molecule has 0 amide bonds. The van der Waals surface area contributed by atoms with Gasteiger partial charge in [-0.1, -0.05) is 91.0 Å². The molecule has 1 unspecified atom stereocenters. The van der Waals surface area contributed by atoms with E-state index in [2.05, 4.69) is 29.2 Å². The number of hydrogen-bond donors (Lipinski definition) is 0. The zero-order chi connectivity index (χ0) is 17.3. The van der Waals surface area contributed by atoms with Crippen molar-refractivity contribution in [3.63, 3.8) is 0 Å². The zero-order valence-electron chi connectivity index (χ0n) is 14.4. The highest BCUT2D eigenvalue weighted by atomic mass is 19.1.